The van der Waals surface area contributed by atoms with Crippen molar-refractivity contribution in [1.82, 2.24) is 4.90 Å². The van der Waals surface area contributed by atoms with Gasteiger partial charge in [0.15, 0.2) is 11.6 Å². The number of hydrogen-bond acceptors (Lipinski definition) is 6. The Morgan fingerprint density at radius 1 is 1.00 bits per heavy atom. The topological polar surface area (TPSA) is 121 Å². The first kappa shape index (κ1) is 20.8. The van der Waals surface area contributed by atoms with Gasteiger partial charge in [0.1, 0.15) is 17.9 Å². The molecule has 1 heterocycles. The predicted molar refractivity (Wildman–Crippen MR) is 109 cm³/mol. The highest BCUT2D eigenvalue weighted by molar-refractivity contribution is 6.06. The summed E-state index contributed by atoms with van der Waals surface area (Å²) in [5, 5.41) is 19.1. The van der Waals surface area contributed by atoms with Crippen molar-refractivity contribution in [2.45, 2.75) is 44.4 Å². The lowest BCUT2D eigenvalue weighted by molar-refractivity contribution is -0.138. The summed E-state index contributed by atoms with van der Waals surface area (Å²) in [7, 11) is 1.38. The van der Waals surface area contributed by atoms with Crippen molar-refractivity contribution < 1.29 is 34.1 Å². The maximum Gasteiger partial charge on any atom is 0.339 e. The third-order valence-electron chi connectivity index (χ3n) is 6.17. The van der Waals surface area contributed by atoms with Crippen molar-refractivity contribution in [1.29, 1.82) is 0 Å². The van der Waals surface area contributed by atoms with Crippen molar-refractivity contribution in [2.75, 3.05) is 13.7 Å². The molecule has 1 aromatic rings. The number of rotatable bonds is 5. The van der Waals surface area contributed by atoms with Crippen LogP contribution in [0.5, 0.6) is 5.75 Å². The highest BCUT2D eigenvalue weighted by atomic mass is 16.5. The van der Waals surface area contributed by atoms with Gasteiger partial charge in [0.2, 0.25) is 0 Å². The molecular weight excluding hydrogens is 402 g/mol. The standard InChI is InChI=1S/C23H23NO7/c1-31-18-9-8-12(10-13(18)23(29)30)20-21-14(4-2-6-16(21)25)24(11-19(27)28)15-5-3-7-17(26)22(15)20/h8-10,20H,2-7,11H2,1H3,(H,27,28)(H,29,30). The number of carbonyl (C=O) groups excluding carboxylic acids is 2. The highest BCUT2D eigenvalue weighted by Gasteiger charge is 2.43. The maximum atomic E-state index is 13.1. The first-order valence-corrected chi connectivity index (χ1v) is 10.3. The molecule has 0 radical (unpaired) electrons. The van der Waals surface area contributed by atoms with Crippen LogP contribution < -0.4 is 4.74 Å². The average molecular weight is 425 g/mol. The monoisotopic (exact) mass is 425 g/mol. The summed E-state index contributed by atoms with van der Waals surface area (Å²) in [5.74, 6) is -2.97. The zero-order chi connectivity index (χ0) is 22.3. The van der Waals surface area contributed by atoms with Crippen LogP contribution in [0.15, 0.2) is 40.7 Å². The van der Waals surface area contributed by atoms with Crippen molar-refractivity contribution in [3.05, 3.63) is 51.9 Å². The molecule has 1 aliphatic heterocycles. The zero-order valence-corrected chi connectivity index (χ0v) is 17.1. The molecule has 0 unspecified atom stereocenters. The molecule has 162 valence electrons. The fourth-order valence-corrected chi connectivity index (χ4v) is 4.95. The van der Waals surface area contributed by atoms with Crippen LogP contribution in [0.3, 0.4) is 0 Å². The Kier molecular flexibility index (Phi) is 5.39. The van der Waals surface area contributed by atoms with Gasteiger partial charge in [-0.3, -0.25) is 14.4 Å². The van der Waals surface area contributed by atoms with E-state index in [1.54, 1.807) is 11.0 Å². The minimum absolute atomic E-state index is 0.0521. The number of methoxy groups -OCH3 is 1. The molecule has 2 aliphatic carbocycles. The molecular formula is C23H23NO7. The summed E-state index contributed by atoms with van der Waals surface area (Å²) >= 11 is 0. The van der Waals surface area contributed by atoms with E-state index in [9.17, 15) is 29.4 Å². The van der Waals surface area contributed by atoms with Crippen LogP contribution in [0.25, 0.3) is 0 Å². The van der Waals surface area contributed by atoms with E-state index in [0.717, 1.165) is 0 Å². The van der Waals surface area contributed by atoms with Crippen LogP contribution in [0.1, 0.15) is 60.4 Å². The molecule has 0 saturated carbocycles. The Hall–Kier alpha value is -3.42. The van der Waals surface area contributed by atoms with E-state index >= 15 is 0 Å². The van der Waals surface area contributed by atoms with E-state index in [1.165, 1.54) is 19.2 Å². The number of carbonyl (C=O) groups is 4. The van der Waals surface area contributed by atoms with Crippen molar-refractivity contribution in [3.8, 4) is 5.75 Å². The van der Waals surface area contributed by atoms with E-state index in [1.807, 2.05) is 0 Å². The summed E-state index contributed by atoms with van der Waals surface area (Å²) in [4.78, 5) is 51.1. The van der Waals surface area contributed by atoms with E-state index in [0.29, 0.717) is 66.6 Å². The number of allylic oxidation sites excluding steroid dienone is 4. The van der Waals surface area contributed by atoms with Gasteiger partial charge in [0, 0.05) is 41.3 Å². The fourth-order valence-electron chi connectivity index (χ4n) is 4.95. The fraction of sp³-hybridized carbons (Fsp3) is 0.391. The summed E-state index contributed by atoms with van der Waals surface area (Å²) in [6, 6.07) is 4.67. The van der Waals surface area contributed by atoms with Gasteiger partial charge < -0.3 is 19.8 Å². The Morgan fingerprint density at radius 2 is 1.58 bits per heavy atom. The first-order valence-electron chi connectivity index (χ1n) is 10.3. The number of Topliss-reactive ketones (excluding diaryl/α,β-unsaturated/α-hetero) is 2. The Bertz CT molecular complexity index is 1020. The van der Waals surface area contributed by atoms with Crippen molar-refractivity contribution >= 4 is 23.5 Å². The number of hydrogen-bond donors (Lipinski definition) is 2. The second-order valence-electron chi connectivity index (χ2n) is 7.95. The minimum atomic E-state index is -1.17. The van der Waals surface area contributed by atoms with Crippen LogP contribution in [-0.2, 0) is 14.4 Å². The van der Waals surface area contributed by atoms with Crippen LogP contribution in [0.2, 0.25) is 0 Å². The second-order valence-corrected chi connectivity index (χ2v) is 7.95. The molecule has 1 aromatic carbocycles. The Balaban J connectivity index is 1.97. The minimum Gasteiger partial charge on any atom is -0.496 e. The lowest BCUT2D eigenvalue weighted by Crippen LogP contribution is -2.41. The molecule has 0 bridgehead atoms. The number of aliphatic carboxylic acids is 1. The van der Waals surface area contributed by atoms with Crippen molar-refractivity contribution in [2.24, 2.45) is 0 Å². The second kappa shape index (κ2) is 8.02. The van der Waals surface area contributed by atoms with Crippen LogP contribution in [0, 0.1) is 0 Å². The molecule has 2 N–H and O–H groups in total. The van der Waals surface area contributed by atoms with Gasteiger partial charge in [-0.1, -0.05) is 6.07 Å². The quantitative estimate of drug-likeness (QED) is 0.739. The molecule has 0 atom stereocenters. The first-order chi connectivity index (χ1) is 14.8. The number of ether oxygens (including phenoxy) is 1. The smallest absolute Gasteiger partial charge is 0.339 e. The lowest BCUT2D eigenvalue weighted by atomic mass is 9.70. The molecule has 0 fully saturated rings. The normalized spacial score (nSPS) is 19.3. The molecule has 31 heavy (non-hydrogen) atoms. The number of nitrogens with zero attached hydrogens (tertiary/aromatic N) is 1. The van der Waals surface area contributed by atoms with Gasteiger partial charge in [0.05, 0.1) is 7.11 Å². The average Bonchev–Trinajstić information content (AvgIpc) is 2.74. The molecule has 4 rings (SSSR count). The highest BCUT2D eigenvalue weighted by Crippen LogP contribution is 2.49. The van der Waals surface area contributed by atoms with Gasteiger partial charge >= 0.3 is 11.9 Å². The molecule has 0 amide bonds. The van der Waals surface area contributed by atoms with Gasteiger partial charge in [-0.25, -0.2) is 4.79 Å². The summed E-state index contributed by atoms with van der Waals surface area (Å²) in [6.45, 7) is -0.312. The zero-order valence-electron chi connectivity index (χ0n) is 17.1. The van der Waals surface area contributed by atoms with Crippen LogP contribution >= 0.6 is 0 Å². The van der Waals surface area contributed by atoms with Crippen LogP contribution in [0.4, 0.5) is 0 Å². The van der Waals surface area contributed by atoms with Gasteiger partial charge in [-0.2, -0.15) is 0 Å². The van der Waals surface area contributed by atoms with Gasteiger partial charge in [-0.15, -0.1) is 0 Å². The SMILES string of the molecule is COc1ccc(C2C3=C(CCCC3=O)N(CC(=O)O)C3=C2C(=O)CCC3)cc1C(=O)O. The Labute approximate surface area is 178 Å². The lowest BCUT2D eigenvalue weighted by Gasteiger charge is -2.43. The number of ketones is 2. The van der Waals surface area contributed by atoms with E-state index < -0.39 is 17.9 Å². The third-order valence-corrected chi connectivity index (χ3v) is 6.17. The van der Waals surface area contributed by atoms with Gasteiger partial charge in [0.25, 0.3) is 0 Å². The van der Waals surface area contributed by atoms with E-state index in [2.05, 4.69) is 0 Å². The number of aromatic carboxylic acids is 1. The van der Waals surface area contributed by atoms with E-state index in [-0.39, 0.29) is 29.4 Å². The molecule has 0 aromatic heterocycles. The summed E-state index contributed by atoms with van der Waals surface area (Å²) in [6.07, 6.45) is 2.93. The Morgan fingerprint density at radius 3 is 2.06 bits per heavy atom. The largest absolute Gasteiger partial charge is 0.496 e. The molecule has 3 aliphatic rings. The summed E-state index contributed by atoms with van der Waals surface area (Å²) in [5.41, 5.74) is 2.60. The summed E-state index contributed by atoms with van der Waals surface area (Å²) < 4.78 is 5.15. The van der Waals surface area contributed by atoms with E-state index in [4.69, 9.17) is 4.74 Å². The third kappa shape index (κ3) is 3.52. The van der Waals surface area contributed by atoms with Crippen LogP contribution in [-0.4, -0.2) is 52.3 Å². The number of carboxylic acids is 2. The molecule has 0 saturated heterocycles. The number of benzene rings is 1. The maximum absolute atomic E-state index is 13.1. The van der Waals surface area contributed by atoms with Gasteiger partial charge in [-0.05, 0) is 43.4 Å². The predicted octanol–water partition coefficient (Wildman–Crippen LogP) is 2.89. The number of carboxylic acid groups (broad SMARTS) is 2. The molecule has 0 spiro atoms. The molecule has 8 nitrogen and oxygen atoms in total. The molecule has 8 heteroatoms. The van der Waals surface area contributed by atoms with Crippen molar-refractivity contribution in [3.63, 3.8) is 0 Å².